The number of aliphatic imine (C=N–C) groups is 1. The van der Waals surface area contributed by atoms with Crippen LogP contribution in [0.15, 0.2) is 4.99 Å². The lowest BCUT2D eigenvalue weighted by atomic mass is 9.97. The molecule has 0 amide bonds. The van der Waals surface area contributed by atoms with Crippen molar-refractivity contribution in [1.82, 2.24) is 15.5 Å². The molecule has 6 heteroatoms. The molecule has 1 aliphatic heterocycles. The third-order valence-electron chi connectivity index (χ3n) is 3.58. The summed E-state index contributed by atoms with van der Waals surface area (Å²) in [6, 6.07) is 0. The Bertz CT molecular complexity index is 256. The van der Waals surface area contributed by atoms with Gasteiger partial charge in [-0.1, -0.05) is 0 Å². The first-order valence-corrected chi connectivity index (χ1v) is 7.47. The maximum atomic E-state index is 5.31. The van der Waals surface area contributed by atoms with E-state index < -0.39 is 0 Å². The summed E-state index contributed by atoms with van der Waals surface area (Å²) in [5.74, 6) is 1.69. The topological polar surface area (TPSA) is 48.9 Å². The minimum atomic E-state index is 0. The van der Waals surface area contributed by atoms with Crippen LogP contribution in [-0.4, -0.2) is 64.3 Å². The monoisotopic (exact) mass is 398 g/mol. The Morgan fingerprint density at radius 3 is 2.60 bits per heavy atom. The van der Waals surface area contributed by atoms with Crippen LogP contribution in [-0.2, 0) is 4.74 Å². The number of rotatable bonds is 7. The number of hydrogen-bond acceptors (Lipinski definition) is 3. The molecule has 5 nitrogen and oxygen atoms in total. The second kappa shape index (κ2) is 12.6. The molecule has 1 fully saturated rings. The van der Waals surface area contributed by atoms with Gasteiger partial charge < -0.3 is 20.3 Å². The Labute approximate surface area is 140 Å². The molecule has 0 aromatic heterocycles. The Balaban J connectivity index is 0.00000361. The average Bonchev–Trinajstić information content (AvgIpc) is 2.44. The van der Waals surface area contributed by atoms with Crippen LogP contribution in [0.3, 0.4) is 0 Å². The van der Waals surface area contributed by atoms with Crippen molar-refractivity contribution in [3.05, 3.63) is 0 Å². The summed E-state index contributed by atoms with van der Waals surface area (Å²) in [5, 5.41) is 6.75. The highest BCUT2D eigenvalue weighted by Crippen LogP contribution is 2.14. The fraction of sp³-hybridized carbons (Fsp3) is 0.929. The summed E-state index contributed by atoms with van der Waals surface area (Å²) in [6.45, 7) is 8.00. The third kappa shape index (κ3) is 8.97. The van der Waals surface area contributed by atoms with E-state index in [-0.39, 0.29) is 24.0 Å². The first-order chi connectivity index (χ1) is 9.26. The lowest BCUT2D eigenvalue weighted by molar-refractivity contribution is 0.145. The lowest BCUT2D eigenvalue weighted by Gasteiger charge is -2.29. The highest BCUT2D eigenvalue weighted by Gasteiger charge is 2.16. The van der Waals surface area contributed by atoms with Crippen LogP contribution in [0.4, 0.5) is 0 Å². The molecular weight excluding hydrogens is 367 g/mol. The van der Waals surface area contributed by atoms with Gasteiger partial charge in [0, 0.05) is 33.4 Å². The third-order valence-corrected chi connectivity index (χ3v) is 3.58. The maximum absolute atomic E-state index is 5.31. The van der Waals surface area contributed by atoms with Crippen molar-refractivity contribution in [2.24, 2.45) is 10.9 Å². The van der Waals surface area contributed by atoms with Crippen LogP contribution < -0.4 is 10.6 Å². The number of likely N-dealkylation sites (tertiary alicyclic amines) is 1. The molecule has 0 bridgehead atoms. The van der Waals surface area contributed by atoms with E-state index in [1.165, 1.54) is 25.9 Å². The van der Waals surface area contributed by atoms with E-state index in [4.69, 9.17) is 4.74 Å². The summed E-state index contributed by atoms with van der Waals surface area (Å²) in [6.07, 6.45) is 3.58. The van der Waals surface area contributed by atoms with Crippen LogP contribution in [0, 0.1) is 5.92 Å². The van der Waals surface area contributed by atoms with Crippen molar-refractivity contribution >= 4 is 29.9 Å². The summed E-state index contributed by atoms with van der Waals surface area (Å²) in [5.41, 5.74) is 0. The van der Waals surface area contributed by atoms with Gasteiger partial charge >= 0.3 is 0 Å². The first kappa shape index (κ1) is 19.9. The average molecular weight is 398 g/mol. The molecule has 120 valence electrons. The summed E-state index contributed by atoms with van der Waals surface area (Å²) >= 11 is 0. The van der Waals surface area contributed by atoms with Crippen molar-refractivity contribution in [2.75, 3.05) is 53.5 Å². The predicted octanol–water partition coefficient (Wildman–Crippen LogP) is 1.54. The minimum Gasteiger partial charge on any atom is -0.382 e. The van der Waals surface area contributed by atoms with E-state index in [1.54, 1.807) is 0 Å². The molecule has 1 saturated heterocycles. The molecule has 0 saturated carbocycles. The fourth-order valence-corrected chi connectivity index (χ4v) is 2.25. The van der Waals surface area contributed by atoms with E-state index in [2.05, 4.69) is 27.6 Å². The molecule has 0 spiro atoms. The molecule has 20 heavy (non-hydrogen) atoms. The zero-order valence-electron chi connectivity index (χ0n) is 13.2. The lowest BCUT2D eigenvalue weighted by Crippen LogP contribution is -2.42. The fourth-order valence-electron chi connectivity index (χ4n) is 2.25. The van der Waals surface area contributed by atoms with Gasteiger partial charge in [0.25, 0.3) is 0 Å². The van der Waals surface area contributed by atoms with Gasteiger partial charge in [-0.05, 0) is 52.2 Å². The Hall–Kier alpha value is -0.0800. The van der Waals surface area contributed by atoms with Crippen molar-refractivity contribution in [3.8, 4) is 0 Å². The van der Waals surface area contributed by atoms with Crippen LogP contribution in [0.2, 0.25) is 0 Å². The number of nitrogens with one attached hydrogen (secondary N) is 2. The smallest absolute Gasteiger partial charge is 0.190 e. The maximum Gasteiger partial charge on any atom is 0.190 e. The normalized spacial score (nSPS) is 17.6. The van der Waals surface area contributed by atoms with E-state index >= 15 is 0 Å². The number of guanidine groups is 1. The minimum absolute atomic E-state index is 0. The molecule has 0 unspecified atom stereocenters. The van der Waals surface area contributed by atoms with Gasteiger partial charge in [-0.15, -0.1) is 24.0 Å². The molecule has 1 rings (SSSR count). The van der Waals surface area contributed by atoms with Gasteiger partial charge in [0.2, 0.25) is 0 Å². The number of piperidine rings is 1. The quantitative estimate of drug-likeness (QED) is 0.296. The summed E-state index contributed by atoms with van der Waals surface area (Å²) < 4.78 is 5.31. The predicted molar refractivity (Wildman–Crippen MR) is 96.1 cm³/mol. The number of nitrogens with zero attached hydrogens (tertiary/aromatic N) is 2. The van der Waals surface area contributed by atoms with E-state index in [0.717, 1.165) is 44.6 Å². The molecular formula is C14H31IN4O. The molecule has 1 heterocycles. The van der Waals surface area contributed by atoms with E-state index in [9.17, 15) is 0 Å². The molecule has 1 aliphatic rings. The van der Waals surface area contributed by atoms with E-state index in [0.29, 0.717) is 0 Å². The Kier molecular flexibility index (Phi) is 12.6. The van der Waals surface area contributed by atoms with Gasteiger partial charge in [-0.3, -0.25) is 4.99 Å². The van der Waals surface area contributed by atoms with Gasteiger partial charge in [-0.2, -0.15) is 0 Å². The number of hydrogen-bond donors (Lipinski definition) is 2. The van der Waals surface area contributed by atoms with Crippen molar-refractivity contribution in [2.45, 2.75) is 26.2 Å². The summed E-state index contributed by atoms with van der Waals surface area (Å²) in [7, 11) is 4.02. The van der Waals surface area contributed by atoms with Crippen LogP contribution in [0.5, 0.6) is 0 Å². The molecule has 0 aromatic rings. The first-order valence-electron chi connectivity index (χ1n) is 7.47. The van der Waals surface area contributed by atoms with Crippen LogP contribution in [0.25, 0.3) is 0 Å². The SMILES string of the molecule is CCOCCCNC(=NC)NCC1CCN(C)CC1.I. The Morgan fingerprint density at radius 1 is 1.30 bits per heavy atom. The Morgan fingerprint density at radius 2 is 2.00 bits per heavy atom. The van der Waals surface area contributed by atoms with Gasteiger partial charge in [0.1, 0.15) is 0 Å². The van der Waals surface area contributed by atoms with Crippen LogP contribution in [0.1, 0.15) is 26.2 Å². The standard InChI is InChI=1S/C14H30N4O.HI/c1-4-19-11-5-8-16-14(15-2)17-12-13-6-9-18(3)10-7-13;/h13H,4-12H2,1-3H3,(H2,15,16,17);1H. The molecule has 2 N–H and O–H groups in total. The van der Waals surface area contributed by atoms with E-state index in [1.807, 2.05) is 14.0 Å². The van der Waals surface area contributed by atoms with Gasteiger partial charge in [-0.25, -0.2) is 0 Å². The number of ether oxygens (including phenoxy) is 1. The molecule has 0 atom stereocenters. The molecule has 0 aromatic carbocycles. The molecule has 0 radical (unpaired) electrons. The second-order valence-electron chi connectivity index (χ2n) is 5.18. The number of halogens is 1. The second-order valence-corrected chi connectivity index (χ2v) is 5.18. The summed E-state index contributed by atoms with van der Waals surface area (Å²) in [4.78, 5) is 6.65. The van der Waals surface area contributed by atoms with Gasteiger partial charge in [0.15, 0.2) is 5.96 Å². The zero-order valence-corrected chi connectivity index (χ0v) is 15.5. The highest BCUT2D eigenvalue weighted by molar-refractivity contribution is 14.0. The van der Waals surface area contributed by atoms with Crippen LogP contribution >= 0.6 is 24.0 Å². The van der Waals surface area contributed by atoms with Crippen molar-refractivity contribution in [1.29, 1.82) is 0 Å². The molecule has 0 aliphatic carbocycles. The van der Waals surface area contributed by atoms with Crippen molar-refractivity contribution < 1.29 is 4.74 Å². The highest BCUT2D eigenvalue weighted by atomic mass is 127. The largest absolute Gasteiger partial charge is 0.382 e. The van der Waals surface area contributed by atoms with Crippen molar-refractivity contribution in [3.63, 3.8) is 0 Å². The zero-order chi connectivity index (χ0) is 13.9. The van der Waals surface area contributed by atoms with Gasteiger partial charge in [0.05, 0.1) is 0 Å².